The van der Waals surface area contributed by atoms with Gasteiger partial charge in [-0.05, 0) is 49.8 Å². The van der Waals surface area contributed by atoms with Gasteiger partial charge in [-0.3, -0.25) is 4.90 Å². The standard InChI is InChI=1S/C15H22N4OS/c1-2-19(10-12-5-7-16-8-6-12)11-14-17-15(20-18-14)13-4-3-9-21-13/h3-4,9,12,16H,2,5-8,10-11H2,1H3. The average Bonchev–Trinajstić information content (AvgIpc) is 3.18. The molecule has 1 fully saturated rings. The molecule has 0 unspecified atom stereocenters. The van der Waals surface area contributed by atoms with Crippen LogP contribution in [0, 0.1) is 5.92 Å². The van der Waals surface area contributed by atoms with Crippen molar-refractivity contribution in [3.05, 3.63) is 23.3 Å². The minimum atomic E-state index is 0.637. The van der Waals surface area contributed by atoms with Crippen LogP contribution in [0.2, 0.25) is 0 Å². The SMILES string of the molecule is CCN(Cc1noc(-c2cccs2)n1)CC1CCNCC1. The fourth-order valence-corrected chi connectivity index (χ4v) is 3.40. The normalized spacial score (nSPS) is 16.7. The molecule has 6 heteroatoms. The number of hydrogen-bond donors (Lipinski definition) is 1. The maximum Gasteiger partial charge on any atom is 0.268 e. The number of rotatable bonds is 6. The molecule has 0 amide bonds. The molecule has 1 N–H and O–H groups in total. The summed E-state index contributed by atoms with van der Waals surface area (Å²) in [6.45, 7) is 7.41. The van der Waals surface area contributed by atoms with Crippen molar-refractivity contribution in [2.24, 2.45) is 5.92 Å². The number of piperidine rings is 1. The van der Waals surface area contributed by atoms with Crippen molar-refractivity contribution in [3.63, 3.8) is 0 Å². The molecule has 0 spiro atoms. The first-order chi connectivity index (χ1) is 10.3. The van der Waals surface area contributed by atoms with E-state index in [0.717, 1.165) is 49.3 Å². The third-order valence-corrected chi connectivity index (χ3v) is 4.85. The van der Waals surface area contributed by atoms with Crippen molar-refractivity contribution in [2.75, 3.05) is 26.2 Å². The second-order valence-corrected chi connectivity index (χ2v) is 6.46. The highest BCUT2D eigenvalue weighted by Crippen LogP contribution is 2.23. The fourth-order valence-electron chi connectivity index (χ4n) is 2.75. The van der Waals surface area contributed by atoms with Crippen LogP contribution in [-0.2, 0) is 6.54 Å². The van der Waals surface area contributed by atoms with Gasteiger partial charge in [0.2, 0.25) is 0 Å². The van der Waals surface area contributed by atoms with E-state index in [2.05, 4.69) is 27.3 Å². The Bertz CT molecular complexity index is 534. The van der Waals surface area contributed by atoms with Crippen LogP contribution in [0.4, 0.5) is 0 Å². The summed E-state index contributed by atoms with van der Waals surface area (Å²) in [7, 11) is 0. The third-order valence-electron chi connectivity index (χ3n) is 3.99. The van der Waals surface area contributed by atoms with E-state index >= 15 is 0 Å². The number of thiophene rings is 1. The van der Waals surface area contributed by atoms with Gasteiger partial charge in [-0.2, -0.15) is 4.98 Å². The Balaban J connectivity index is 1.58. The van der Waals surface area contributed by atoms with Gasteiger partial charge in [0.15, 0.2) is 5.82 Å². The van der Waals surface area contributed by atoms with Gasteiger partial charge >= 0.3 is 0 Å². The maximum absolute atomic E-state index is 5.36. The van der Waals surface area contributed by atoms with Crippen molar-refractivity contribution in [3.8, 4) is 10.8 Å². The lowest BCUT2D eigenvalue weighted by molar-refractivity contribution is 0.201. The van der Waals surface area contributed by atoms with Crippen molar-refractivity contribution in [2.45, 2.75) is 26.3 Å². The van der Waals surface area contributed by atoms with Crippen molar-refractivity contribution in [1.29, 1.82) is 0 Å². The molecule has 0 atom stereocenters. The topological polar surface area (TPSA) is 54.2 Å². The van der Waals surface area contributed by atoms with Crippen LogP contribution in [0.15, 0.2) is 22.0 Å². The highest BCUT2D eigenvalue weighted by atomic mass is 32.1. The fraction of sp³-hybridized carbons (Fsp3) is 0.600. The predicted octanol–water partition coefficient (Wildman–Crippen LogP) is 2.62. The minimum Gasteiger partial charge on any atom is -0.333 e. The van der Waals surface area contributed by atoms with Gasteiger partial charge < -0.3 is 9.84 Å². The molecule has 1 aliphatic rings. The van der Waals surface area contributed by atoms with Gasteiger partial charge in [-0.25, -0.2) is 0 Å². The van der Waals surface area contributed by atoms with Gasteiger partial charge in [0, 0.05) is 6.54 Å². The number of aromatic nitrogens is 2. The number of nitrogens with zero attached hydrogens (tertiary/aromatic N) is 3. The van der Waals surface area contributed by atoms with Crippen LogP contribution in [0.5, 0.6) is 0 Å². The Kier molecular flexibility index (Phi) is 5.00. The molecule has 5 nitrogen and oxygen atoms in total. The highest BCUT2D eigenvalue weighted by molar-refractivity contribution is 7.13. The summed E-state index contributed by atoms with van der Waals surface area (Å²) in [5, 5.41) is 9.56. The summed E-state index contributed by atoms with van der Waals surface area (Å²) in [4.78, 5) is 7.97. The van der Waals surface area contributed by atoms with Crippen LogP contribution in [0.3, 0.4) is 0 Å². The quantitative estimate of drug-likeness (QED) is 0.889. The Morgan fingerprint density at radius 2 is 2.29 bits per heavy atom. The monoisotopic (exact) mass is 306 g/mol. The van der Waals surface area contributed by atoms with E-state index in [1.807, 2.05) is 17.5 Å². The Morgan fingerprint density at radius 3 is 3.00 bits per heavy atom. The van der Waals surface area contributed by atoms with Gasteiger partial charge in [0.25, 0.3) is 5.89 Å². The lowest BCUT2D eigenvalue weighted by Gasteiger charge is -2.28. The molecule has 1 saturated heterocycles. The molecule has 0 saturated carbocycles. The van der Waals surface area contributed by atoms with E-state index in [1.54, 1.807) is 11.3 Å². The molecule has 3 rings (SSSR count). The molecule has 0 aromatic carbocycles. The predicted molar refractivity (Wildman–Crippen MR) is 84.2 cm³/mol. The smallest absolute Gasteiger partial charge is 0.268 e. The summed E-state index contributed by atoms with van der Waals surface area (Å²) >= 11 is 1.63. The maximum atomic E-state index is 5.36. The van der Waals surface area contributed by atoms with Gasteiger partial charge in [-0.1, -0.05) is 18.1 Å². The molecule has 1 aliphatic heterocycles. The molecule has 2 aromatic rings. The van der Waals surface area contributed by atoms with Crippen molar-refractivity contribution in [1.82, 2.24) is 20.4 Å². The molecule has 21 heavy (non-hydrogen) atoms. The highest BCUT2D eigenvalue weighted by Gasteiger charge is 2.18. The molecule has 0 bridgehead atoms. The summed E-state index contributed by atoms with van der Waals surface area (Å²) < 4.78 is 5.36. The van der Waals surface area contributed by atoms with E-state index in [4.69, 9.17) is 4.52 Å². The molecule has 2 aromatic heterocycles. The van der Waals surface area contributed by atoms with Gasteiger partial charge in [0.1, 0.15) is 0 Å². The summed E-state index contributed by atoms with van der Waals surface area (Å²) in [6, 6.07) is 4.01. The van der Waals surface area contributed by atoms with Crippen LogP contribution in [0.25, 0.3) is 10.8 Å². The first kappa shape index (κ1) is 14.7. The lowest BCUT2D eigenvalue weighted by Crippen LogP contribution is -2.36. The van der Waals surface area contributed by atoms with E-state index in [0.29, 0.717) is 5.89 Å². The van der Waals surface area contributed by atoms with Crippen LogP contribution in [-0.4, -0.2) is 41.2 Å². The zero-order chi connectivity index (χ0) is 14.5. The largest absolute Gasteiger partial charge is 0.333 e. The van der Waals surface area contributed by atoms with Crippen molar-refractivity contribution < 1.29 is 4.52 Å². The van der Waals surface area contributed by atoms with E-state index < -0.39 is 0 Å². The number of nitrogens with one attached hydrogen (secondary N) is 1. The first-order valence-electron chi connectivity index (χ1n) is 7.64. The summed E-state index contributed by atoms with van der Waals surface area (Å²) in [5.41, 5.74) is 0. The minimum absolute atomic E-state index is 0.637. The zero-order valence-corrected chi connectivity index (χ0v) is 13.2. The van der Waals surface area contributed by atoms with Gasteiger partial charge in [-0.15, -0.1) is 11.3 Å². The van der Waals surface area contributed by atoms with Crippen LogP contribution < -0.4 is 5.32 Å². The third kappa shape index (κ3) is 3.90. The summed E-state index contributed by atoms with van der Waals surface area (Å²) in [5.74, 6) is 2.21. The Hall–Kier alpha value is -1.24. The average molecular weight is 306 g/mol. The number of hydrogen-bond acceptors (Lipinski definition) is 6. The van der Waals surface area contributed by atoms with E-state index in [-0.39, 0.29) is 0 Å². The molecule has 3 heterocycles. The molecular weight excluding hydrogens is 284 g/mol. The van der Waals surface area contributed by atoms with Gasteiger partial charge in [0.05, 0.1) is 11.4 Å². The Morgan fingerprint density at radius 1 is 1.43 bits per heavy atom. The summed E-state index contributed by atoms with van der Waals surface area (Å²) in [6.07, 6.45) is 2.53. The zero-order valence-electron chi connectivity index (χ0n) is 12.4. The second kappa shape index (κ2) is 7.15. The second-order valence-electron chi connectivity index (χ2n) is 5.51. The van der Waals surface area contributed by atoms with Crippen LogP contribution in [0.1, 0.15) is 25.6 Å². The first-order valence-corrected chi connectivity index (χ1v) is 8.52. The lowest BCUT2D eigenvalue weighted by atomic mass is 9.97. The van der Waals surface area contributed by atoms with Crippen LogP contribution >= 0.6 is 11.3 Å². The molecule has 0 aliphatic carbocycles. The molecular formula is C15H22N4OS. The molecule has 0 radical (unpaired) electrons. The van der Waals surface area contributed by atoms with Crippen molar-refractivity contribution >= 4 is 11.3 Å². The molecule has 114 valence electrons. The van der Waals surface area contributed by atoms with E-state index in [1.165, 1.54) is 12.8 Å². The van der Waals surface area contributed by atoms with E-state index in [9.17, 15) is 0 Å². The Labute approximate surface area is 129 Å².